The summed E-state index contributed by atoms with van der Waals surface area (Å²) in [7, 11) is 0. The van der Waals surface area contributed by atoms with Crippen LogP contribution in [0.1, 0.15) is 30.0 Å². The molecule has 3 rings (SSSR count). The number of ether oxygens (including phenoxy) is 1. The topological polar surface area (TPSA) is 32.7 Å². The molecule has 4 heteroatoms. The Labute approximate surface area is 142 Å². The summed E-state index contributed by atoms with van der Waals surface area (Å²) in [6.45, 7) is 3.81. The van der Waals surface area contributed by atoms with Crippen LogP contribution in [0, 0.1) is 12.7 Å². The van der Waals surface area contributed by atoms with Crippen LogP contribution in [0.15, 0.2) is 48.5 Å². The van der Waals surface area contributed by atoms with Crippen molar-refractivity contribution < 1.29 is 14.2 Å². The van der Waals surface area contributed by atoms with Crippen molar-refractivity contribution in [2.24, 2.45) is 0 Å². The largest absolute Gasteiger partial charge is 0.491 e. The molecule has 24 heavy (non-hydrogen) atoms. The van der Waals surface area contributed by atoms with Crippen LogP contribution in [0.3, 0.4) is 0 Å². The van der Waals surface area contributed by atoms with Gasteiger partial charge in [-0.2, -0.15) is 0 Å². The van der Waals surface area contributed by atoms with Gasteiger partial charge in [-0.1, -0.05) is 29.8 Å². The van der Waals surface area contributed by atoms with E-state index < -0.39 is 6.10 Å². The first kappa shape index (κ1) is 16.9. The van der Waals surface area contributed by atoms with Crippen LogP contribution in [0.2, 0.25) is 0 Å². The third kappa shape index (κ3) is 4.34. The Morgan fingerprint density at radius 3 is 2.58 bits per heavy atom. The first-order chi connectivity index (χ1) is 11.6. The van der Waals surface area contributed by atoms with E-state index in [1.807, 2.05) is 43.3 Å². The third-order valence-electron chi connectivity index (χ3n) is 4.53. The molecule has 1 aliphatic heterocycles. The lowest BCUT2D eigenvalue weighted by Gasteiger charge is -2.27. The monoisotopic (exact) mass is 329 g/mol. The molecule has 2 atom stereocenters. The summed E-state index contributed by atoms with van der Waals surface area (Å²) >= 11 is 0. The van der Waals surface area contributed by atoms with Gasteiger partial charge >= 0.3 is 0 Å². The molecular weight excluding hydrogens is 305 g/mol. The normalized spacial score (nSPS) is 19.4. The Kier molecular flexibility index (Phi) is 5.48. The van der Waals surface area contributed by atoms with Gasteiger partial charge in [-0.15, -0.1) is 0 Å². The molecule has 0 spiro atoms. The summed E-state index contributed by atoms with van der Waals surface area (Å²) < 4.78 is 18.8. The highest BCUT2D eigenvalue weighted by Crippen LogP contribution is 2.31. The van der Waals surface area contributed by atoms with Gasteiger partial charge in [0, 0.05) is 12.6 Å². The van der Waals surface area contributed by atoms with Gasteiger partial charge < -0.3 is 9.84 Å². The van der Waals surface area contributed by atoms with Gasteiger partial charge in [0.2, 0.25) is 0 Å². The summed E-state index contributed by atoms with van der Waals surface area (Å²) in [5, 5.41) is 10.3. The van der Waals surface area contributed by atoms with Crippen molar-refractivity contribution in [1.29, 1.82) is 0 Å². The maximum Gasteiger partial charge on any atom is 0.123 e. The van der Waals surface area contributed by atoms with E-state index in [1.54, 1.807) is 0 Å². The molecule has 1 heterocycles. The van der Waals surface area contributed by atoms with E-state index in [-0.39, 0.29) is 18.5 Å². The molecule has 1 fully saturated rings. The first-order valence-corrected chi connectivity index (χ1v) is 8.49. The minimum atomic E-state index is -0.549. The molecule has 0 aliphatic carbocycles. The Morgan fingerprint density at radius 1 is 1.17 bits per heavy atom. The number of aliphatic hydroxyl groups excluding tert-OH is 1. The minimum Gasteiger partial charge on any atom is -0.491 e. The molecular formula is C20H24FNO2. The molecule has 2 unspecified atom stereocenters. The molecule has 128 valence electrons. The summed E-state index contributed by atoms with van der Waals surface area (Å²) in [6.07, 6.45) is 1.58. The van der Waals surface area contributed by atoms with Gasteiger partial charge in [0.15, 0.2) is 0 Å². The molecule has 0 bridgehead atoms. The number of aliphatic hydroxyl groups is 1. The quantitative estimate of drug-likeness (QED) is 0.877. The van der Waals surface area contributed by atoms with Crippen molar-refractivity contribution >= 4 is 0 Å². The predicted molar refractivity (Wildman–Crippen MR) is 92.6 cm³/mol. The lowest BCUT2D eigenvalue weighted by atomic mass is 10.0. The van der Waals surface area contributed by atoms with E-state index in [2.05, 4.69) is 4.90 Å². The van der Waals surface area contributed by atoms with Gasteiger partial charge in [-0.3, -0.25) is 4.90 Å². The van der Waals surface area contributed by atoms with Gasteiger partial charge in [-0.05, 0) is 56.1 Å². The van der Waals surface area contributed by atoms with E-state index in [1.165, 1.54) is 17.7 Å². The highest BCUT2D eigenvalue weighted by atomic mass is 19.1. The third-order valence-corrected chi connectivity index (χ3v) is 4.53. The highest BCUT2D eigenvalue weighted by Gasteiger charge is 2.27. The van der Waals surface area contributed by atoms with Crippen molar-refractivity contribution in [3.63, 3.8) is 0 Å². The zero-order valence-corrected chi connectivity index (χ0v) is 14.0. The van der Waals surface area contributed by atoms with E-state index in [9.17, 15) is 9.50 Å². The second kappa shape index (κ2) is 7.77. The average Bonchev–Trinajstić information content (AvgIpc) is 3.03. The zero-order chi connectivity index (χ0) is 16.9. The number of halogens is 1. The minimum absolute atomic E-state index is 0.213. The lowest BCUT2D eigenvalue weighted by molar-refractivity contribution is 0.0638. The molecule has 1 N–H and O–H groups in total. The van der Waals surface area contributed by atoms with E-state index in [4.69, 9.17) is 4.74 Å². The first-order valence-electron chi connectivity index (χ1n) is 8.49. The molecule has 0 aromatic heterocycles. The van der Waals surface area contributed by atoms with Crippen molar-refractivity contribution in [2.45, 2.75) is 31.9 Å². The van der Waals surface area contributed by atoms with Gasteiger partial charge in [0.25, 0.3) is 0 Å². The summed E-state index contributed by atoms with van der Waals surface area (Å²) in [5.74, 6) is 0.561. The number of β-amino-alcohol motifs (C(OH)–C–C–N with tert-alkyl or cyclic N) is 1. The SMILES string of the molecule is Cc1ccc(OCC(O)CN2CCCC2c2ccc(F)cc2)cc1. The smallest absolute Gasteiger partial charge is 0.123 e. The number of likely N-dealkylation sites (tertiary alicyclic amines) is 1. The van der Waals surface area contributed by atoms with Crippen LogP contribution < -0.4 is 4.74 Å². The van der Waals surface area contributed by atoms with E-state index in [0.717, 1.165) is 30.7 Å². The maximum atomic E-state index is 13.1. The van der Waals surface area contributed by atoms with E-state index in [0.29, 0.717) is 6.54 Å². The molecule has 1 saturated heterocycles. The Morgan fingerprint density at radius 2 is 1.88 bits per heavy atom. The molecule has 1 aliphatic rings. The second-order valence-corrected chi connectivity index (χ2v) is 6.48. The predicted octanol–water partition coefficient (Wildman–Crippen LogP) is 3.71. The highest BCUT2D eigenvalue weighted by molar-refractivity contribution is 5.26. The number of hydrogen-bond donors (Lipinski definition) is 1. The second-order valence-electron chi connectivity index (χ2n) is 6.48. The Hall–Kier alpha value is -1.91. The number of rotatable bonds is 6. The molecule has 2 aromatic rings. The van der Waals surface area contributed by atoms with Crippen molar-refractivity contribution in [3.05, 3.63) is 65.5 Å². The molecule has 3 nitrogen and oxygen atoms in total. The number of hydrogen-bond acceptors (Lipinski definition) is 3. The van der Waals surface area contributed by atoms with Crippen LogP contribution >= 0.6 is 0 Å². The van der Waals surface area contributed by atoms with Crippen LogP contribution in [-0.2, 0) is 0 Å². The summed E-state index contributed by atoms with van der Waals surface area (Å²) in [4.78, 5) is 2.26. The van der Waals surface area contributed by atoms with Gasteiger partial charge in [-0.25, -0.2) is 4.39 Å². The fraction of sp³-hybridized carbons (Fsp3) is 0.400. The van der Waals surface area contributed by atoms with Crippen LogP contribution in [0.25, 0.3) is 0 Å². The van der Waals surface area contributed by atoms with Crippen molar-refractivity contribution in [1.82, 2.24) is 4.90 Å². The number of nitrogens with zero attached hydrogens (tertiary/aromatic N) is 1. The molecule has 0 amide bonds. The summed E-state index contributed by atoms with van der Waals surface area (Å²) in [6, 6.07) is 14.8. The fourth-order valence-electron chi connectivity index (χ4n) is 3.26. The Balaban J connectivity index is 1.53. The zero-order valence-electron chi connectivity index (χ0n) is 14.0. The number of aryl methyl sites for hydroxylation is 1. The molecule has 0 saturated carbocycles. The molecule has 2 aromatic carbocycles. The van der Waals surface area contributed by atoms with Crippen LogP contribution in [0.5, 0.6) is 5.75 Å². The fourth-order valence-corrected chi connectivity index (χ4v) is 3.26. The molecule has 0 radical (unpaired) electrons. The van der Waals surface area contributed by atoms with Crippen LogP contribution in [-0.4, -0.2) is 35.8 Å². The van der Waals surface area contributed by atoms with Crippen molar-refractivity contribution in [2.75, 3.05) is 19.7 Å². The standard InChI is InChI=1S/C20H24FNO2/c1-15-4-10-19(11-5-15)24-14-18(23)13-22-12-2-3-20(22)16-6-8-17(21)9-7-16/h4-11,18,20,23H,2-3,12-14H2,1H3. The lowest BCUT2D eigenvalue weighted by Crippen LogP contribution is -2.35. The van der Waals surface area contributed by atoms with Crippen LogP contribution in [0.4, 0.5) is 4.39 Å². The number of benzene rings is 2. The van der Waals surface area contributed by atoms with Gasteiger partial charge in [0.1, 0.15) is 24.3 Å². The average molecular weight is 329 g/mol. The maximum absolute atomic E-state index is 13.1. The van der Waals surface area contributed by atoms with Gasteiger partial charge in [0.05, 0.1) is 0 Å². The van der Waals surface area contributed by atoms with Crippen molar-refractivity contribution in [3.8, 4) is 5.75 Å². The van der Waals surface area contributed by atoms with E-state index >= 15 is 0 Å². The Bertz CT molecular complexity index is 642. The summed E-state index contributed by atoms with van der Waals surface area (Å²) in [5.41, 5.74) is 2.29.